The molecule has 26 heavy (non-hydrogen) atoms. The lowest BCUT2D eigenvalue weighted by Crippen LogP contribution is -2.54. The number of nitrogens with zero attached hydrogens (tertiary/aromatic N) is 1. The normalized spacial score (nSPS) is 16.2. The third-order valence-electron chi connectivity index (χ3n) is 4.21. The fourth-order valence-corrected chi connectivity index (χ4v) is 2.83. The number of phenols is 1. The van der Waals surface area contributed by atoms with E-state index >= 15 is 0 Å². The highest BCUT2D eigenvalue weighted by atomic mass is 35.5. The zero-order chi connectivity index (χ0) is 19.0. The molecule has 1 aliphatic rings. The quantitative estimate of drug-likeness (QED) is 0.627. The van der Waals surface area contributed by atoms with Crippen molar-refractivity contribution in [3.05, 3.63) is 63.7 Å². The van der Waals surface area contributed by atoms with Gasteiger partial charge in [-0.05, 0) is 55.3 Å². The van der Waals surface area contributed by atoms with Crippen LogP contribution in [0.25, 0.3) is 6.08 Å². The third-order valence-corrected chi connectivity index (χ3v) is 4.44. The molecule has 0 saturated carbocycles. The molecule has 2 aromatic rings. The summed E-state index contributed by atoms with van der Waals surface area (Å²) in [4.78, 5) is 38.2. The maximum Gasteiger partial charge on any atom is 0.335 e. The summed E-state index contributed by atoms with van der Waals surface area (Å²) in [6, 6.07) is 8.65. The van der Waals surface area contributed by atoms with E-state index in [1.165, 1.54) is 24.3 Å². The second-order valence-corrected chi connectivity index (χ2v) is 6.32. The molecule has 7 heteroatoms. The minimum absolute atomic E-state index is 0.141. The zero-order valence-corrected chi connectivity index (χ0v) is 14.8. The van der Waals surface area contributed by atoms with E-state index in [0.717, 1.165) is 16.0 Å². The average Bonchev–Trinajstić information content (AvgIpc) is 2.58. The van der Waals surface area contributed by atoms with Crippen LogP contribution < -0.4 is 10.2 Å². The Kier molecular flexibility index (Phi) is 4.52. The topological polar surface area (TPSA) is 86.7 Å². The molecule has 1 aliphatic heterocycles. The summed E-state index contributed by atoms with van der Waals surface area (Å²) in [6.07, 6.45) is 1.21. The van der Waals surface area contributed by atoms with Gasteiger partial charge in [-0.25, -0.2) is 9.69 Å². The number of rotatable bonds is 2. The minimum Gasteiger partial charge on any atom is -0.507 e. The molecular formula is C19H15ClN2O4. The molecule has 4 amide bonds. The number of urea groups is 1. The summed E-state index contributed by atoms with van der Waals surface area (Å²) >= 11 is 5.90. The number of hydrogen-bond acceptors (Lipinski definition) is 4. The third kappa shape index (κ3) is 3.07. The molecule has 0 aromatic heterocycles. The number of hydrogen-bond donors (Lipinski definition) is 2. The Labute approximate surface area is 154 Å². The van der Waals surface area contributed by atoms with Crippen LogP contribution in [0.1, 0.15) is 16.7 Å². The number of carbonyl (C=O) groups is 3. The Morgan fingerprint density at radius 1 is 1.12 bits per heavy atom. The van der Waals surface area contributed by atoms with Crippen molar-refractivity contribution < 1.29 is 19.5 Å². The Bertz CT molecular complexity index is 981. The second-order valence-electron chi connectivity index (χ2n) is 5.88. The Hall–Kier alpha value is -3.12. The van der Waals surface area contributed by atoms with Crippen molar-refractivity contribution in [2.75, 3.05) is 4.90 Å². The lowest BCUT2D eigenvalue weighted by molar-refractivity contribution is -0.122. The van der Waals surface area contributed by atoms with E-state index in [1.807, 2.05) is 13.0 Å². The van der Waals surface area contributed by atoms with Crippen molar-refractivity contribution in [1.29, 1.82) is 0 Å². The number of amides is 4. The van der Waals surface area contributed by atoms with E-state index in [4.69, 9.17) is 11.6 Å². The first kappa shape index (κ1) is 17.7. The standard InChI is InChI=1S/C19H15ClN2O4/c1-10-4-3-5-15(11(10)2)22-18(25)14(17(24)21-19(22)26)9-12-8-13(20)6-7-16(12)23/h3-9,23H,1-2H3,(H,21,24,26)/b14-9+. The first-order valence-electron chi connectivity index (χ1n) is 7.76. The van der Waals surface area contributed by atoms with Crippen molar-refractivity contribution in [3.8, 4) is 5.75 Å². The summed E-state index contributed by atoms with van der Waals surface area (Å²) in [7, 11) is 0. The second kappa shape index (κ2) is 6.65. The van der Waals surface area contributed by atoms with Crippen LogP contribution in [-0.4, -0.2) is 23.0 Å². The highest BCUT2D eigenvalue weighted by Gasteiger charge is 2.37. The number of phenolic OH excluding ortho intramolecular Hbond substituents is 1. The molecule has 0 atom stereocenters. The van der Waals surface area contributed by atoms with Crippen molar-refractivity contribution in [2.45, 2.75) is 13.8 Å². The molecule has 0 aliphatic carbocycles. The van der Waals surface area contributed by atoms with Crippen LogP contribution in [0.3, 0.4) is 0 Å². The van der Waals surface area contributed by atoms with Crippen molar-refractivity contribution in [2.24, 2.45) is 0 Å². The van der Waals surface area contributed by atoms with Crippen LogP contribution in [-0.2, 0) is 9.59 Å². The van der Waals surface area contributed by atoms with Crippen molar-refractivity contribution in [1.82, 2.24) is 5.32 Å². The number of aryl methyl sites for hydroxylation is 1. The molecule has 6 nitrogen and oxygen atoms in total. The summed E-state index contributed by atoms with van der Waals surface area (Å²) in [5.74, 6) is -1.74. The molecule has 1 fully saturated rings. The molecule has 0 radical (unpaired) electrons. The van der Waals surface area contributed by atoms with Crippen LogP contribution >= 0.6 is 11.6 Å². The number of barbiturate groups is 1. The number of carbonyl (C=O) groups excluding carboxylic acids is 3. The SMILES string of the molecule is Cc1cccc(N2C(=O)NC(=O)/C(=C\c3cc(Cl)ccc3O)C2=O)c1C. The Morgan fingerprint density at radius 2 is 1.85 bits per heavy atom. The average molecular weight is 371 g/mol. The van der Waals surface area contributed by atoms with Crippen LogP contribution in [0.5, 0.6) is 5.75 Å². The summed E-state index contributed by atoms with van der Waals surface area (Å²) in [5.41, 5.74) is 1.96. The van der Waals surface area contributed by atoms with E-state index in [1.54, 1.807) is 19.1 Å². The summed E-state index contributed by atoms with van der Waals surface area (Å²) in [5, 5.41) is 12.4. The van der Waals surface area contributed by atoms with E-state index in [9.17, 15) is 19.5 Å². The molecule has 3 rings (SSSR count). The number of benzene rings is 2. The van der Waals surface area contributed by atoms with Gasteiger partial charge in [0.1, 0.15) is 11.3 Å². The van der Waals surface area contributed by atoms with Gasteiger partial charge in [0, 0.05) is 10.6 Å². The van der Waals surface area contributed by atoms with Gasteiger partial charge in [0.2, 0.25) is 0 Å². The van der Waals surface area contributed by atoms with Gasteiger partial charge >= 0.3 is 6.03 Å². The van der Waals surface area contributed by atoms with Gasteiger partial charge < -0.3 is 5.11 Å². The number of halogens is 1. The number of nitrogens with one attached hydrogen (secondary N) is 1. The maximum absolute atomic E-state index is 12.9. The first-order valence-corrected chi connectivity index (χ1v) is 8.13. The molecular weight excluding hydrogens is 356 g/mol. The summed E-state index contributed by atoms with van der Waals surface area (Å²) in [6.45, 7) is 3.64. The smallest absolute Gasteiger partial charge is 0.335 e. The van der Waals surface area contributed by atoms with Gasteiger partial charge in [0.05, 0.1) is 5.69 Å². The molecule has 2 N–H and O–H groups in total. The van der Waals surface area contributed by atoms with Crippen molar-refractivity contribution >= 4 is 41.2 Å². The van der Waals surface area contributed by atoms with E-state index < -0.39 is 17.8 Å². The zero-order valence-electron chi connectivity index (χ0n) is 14.0. The fraction of sp³-hybridized carbons (Fsp3) is 0.105. The first-order chi connectivity index (χ1) is 12.3. The van der Waals surface area contributed by atoms with E-state index in [-0.39, 0.29) is 16.9 Å². The Balaban J connectivity index is 2.10. The minimum atomic E-state index is -0.832. The van der Waals surface area contributed by atoms with Gasteiger partial charge in [0.25, 0.3) is 11.8 Å². The van der Waals surface area contributed by atoms with Gasteiger partial charge in [-0.2, -0.15) is 0 Å². The molecule has 1 saturated heterocycles. The maximum atomic E-state index is 12.9. The van der Waals surface area contributed by atoms with Crippen LogP contribution in [0.15, 0.2) is 42.0 Å². The Morgan fingerprint density at radius 3 is 2.58 bits per heavy atom. The summed E-state index contributed by atoms with van der Waals surface area (Å²) < 4.78 is 0. The van der Waals surface area contributed by atoms with E-state index in [2.05, 4.69) is 5.32 Å². The van der Waals surface area contributed by atoms with Gasteiger partial charge in [-0.3, -0.25) is 14.9 Å². The highest BCUT2D eigenvalue weighted by molar-refractivity contribution is 6.39. The lowest BCUT2D eigenvalue weighted by atomic mass is 10.0. The number of aromatic hydroxyl groups is 1. The predicted molar refractivity (Wildman–Crippen MR) is 98.0 cm³/mol. The highest BCUT2D eigenvalue weighted by Crippen LogP contribution is 2.29. The van der Waals surface area contributed by atoms with Crippen LogP contribution in [0.4, 0.5) is 10.5 Å². The molecule has 0 bridgehead atoms. The fourth-order valence-electron chi connectivity index (χ4n) is 2.65. The number of imide groups is 2. The number of anilines is 1. The van der Waals surface area contributed by atoms with E-state index in [0.29, 0.717) is 10.7 Å². The molecule has 0 spiro atoms. The molecule has 132 valence electrons. The van der Waals surface area contributed by atoms with Gasteiger partial charge in [0.15, 0.2) is 0 Å². The largest absolute Gasteiger partial charge is 0.507 e. The molecule has 0 unspecified atom stereocenters. The van der Waals surface area contributed by atoms with Gasteiger partial charge in [-0.15, -0.1) is 0 Å². The lowest BCUT2D eigenvalue weighted by Gasteiger charge is -2.28. The molecule has 2 aromatic carbocycles. The monoisotopic (exact) mass is 370 g/mol. The molecule has 1 heterocycles. The van der Waals surface area contributed by atoms with Crippen molar-refractivity contribution in [3.63, 3.8) is 0 Å². The predicted octanol–water partition coefficient (Wildman–Crippen LogP) is 3.33. The van der Waals surface area contributed by atoms with Crippen LogP contribution in [0, 0.1) is 13.8 Å². The van der Waals surface area contributed by atoms with Gasteiger partial charge in [-0.1, -0.05) is 23.7 Å². The van der Waals surface area contributed by atoms with Crippen LogP contribution in [0.2, 0.25) is 5.02 Å².